The number of nitriles is 1. The molecule has 0 aliphatic carbocycles. The molecule has 0 amide bonds. The van der Waals surface area contributed by atoms with E-state index >= 15 is 0 Å². The van der Waals surface area contributed by atoms with Crippen molar-refractivity contribution in [3.63, 3.8) is 0 Å². The zero-order valence-electron chi connectivity index (χ0n) is 30.3. The Balaban J connectivity index is 1.08. The van der Waals surface area contributed by atoms with Crippen molar-refractivity contribution in [2.24, 2.45) is 0 Å². The van der Waals surface area contributed by atoms with Crippen LogP contribution in [0.5, 0.6) is 0 Å². The van der Waals surface area contributed by atoms with Crippen molar-refractivity contribution in [1.29, 1.82) is 5.26 Å². The minimum Gasteiger partial charge on any atom is -0.456 e. The predicted octanol–water partition coefficient (Wildman–Crippen LogP) is 11.5. The summed E-state index contributed by atoms with van der Waals surface area (Å²) in [5.74, 6) is 3.38. The second-order valence-electron chi connectivity index (χ2n) is 13.5. The SMILES string of the molecule is N#Cc1ccc(-c2ccc(-c3nc(-c4ccccc4)nc(-c4ccc5c(c4)oc4cccc(-c6nc(-c7ccccc7)nc(-c7ccccc7)n6)c45)n3)cc2)cc1. The van der Waals surface area contributed by atoms with Gasteiger partial charge in [0.05, 0.1) is 11.6 Å². The number of hydrogen-bond acceptors (Lipinski definition) is 8. The van der Waals surface area contributed by atoms with Crippen molar-refractivity contribution < 1.29 is 4.42 Å². The molecule has 0 radical (unpaired) electrons. The first-order valence-electron chi connectivity index (χ1n) is 18.4. The van der Waals surface area contributed by atoms with Gasteiger partial charge in [0, 0.05) is 44.2 Å². The number of nitrogens with zero attached hydrogens (tertiary/aromatic N) is 7. The Labute approximate surface area is 327 Å². The Bertz CT molecular complexity index is 3050. The van der Waals surface area contributed by atoms with Gasteiger partial charge in [0.25, 0.3) is 0 Å². The second-order valence-corrected chi connectivity index (χ2v) is 13.5. The first kappa shape index (κ1) is 33.4. The van der Waals surface area contributed by atoms with Gasteiger partial charge in [-0.2, -0.15) is 5.26 Å². The molecule has 3 aromatic heterocycles. The molecule has 0 bridgehead atoms. The normalized spacial score (nSPS) is 11.1. The molecule has 0 aliphatic heterocycles. The van der Waals surface area contributed by atoms with Crippen molar-refractivity contribution in [3.8, 4) is 85.5 Å². The molecule has 0 N–H and O–H groups in total. The Morgan fingerprint density at radius 1 is 0.351 bits per heavy atom. The molecule has 57 heavy (non-hydrogen) atoms. The number of benzene rings is 7. The van der Waals surface area contributed by atoms with Gasteiger partial charge in [-0.25, -0.2) is 29.9 Å². The van der Waals surface area contributed by atoms with Crippen LogP contribution in [0.3, 0.4) is 0 Å². The van der Waals surface area contributed by atoms with Crippen molar-refractivity contribution in [2.75, 3.05) is 0 Å². The molecule has 266 valence electrons. The molecule has 8 nitrogen and oxygen atoms in total. The average Bonchev–Trinajstić information content (AvgIpc) is 3.68. The first-order chi connectivity index (χ1) is 28.2. The van der Waals surface area contributed by atoms with E-state index in [0.717, 1.165) is 55.3 Å². The summed E-state index contributed by atoms with van der Waals surface area (Å²) in [6, 6.07) is 59.7. The van der Waals surface area contributed by atoms with Crippen LogP contribution in [-0.4, -0.2) is 29.9 Å². The van der Waals surface area contributed by atoms with Crippen LogP contribution in [0, 0.1) is 11.3 Å². The van der Waals surface area contributed by atoms with Crippen LogP contribution in [0.25, 0.3) is 101 Å². The van der Waals surface area contributed by atoms with Gasteiger partial charge in [0.15, 0.2) is 34.9 Å². The lowest BCUT2D eigenvalue weighted by atomic mass is 10.0. The van der Waals surface area contributed by atoms with Crippen LogP contribution < -0.4 is 0 Å². The van der Waals surface area contributed by atoms with Gasteiger partial charge in [-0.05, 0) is 41.5 Å². The van der Waals surface area contributed by atoms with E-state index in [1.165, 1.54) is 0 Å². The van der Waals surface area contributed by atoms with Gasteiger partial charge in [0.2, 0.25) is 0 Å². The molecule has 7 aromatic carbocycles. The standard InChI is InChI=1S/C49H29N7O/c50-30-31-19-21-32(22-20-31)33-23-25-37(26-24-33)47-51-44(34-11-4-1-5-12-34)53-48(54-47)38-27-28-39-42(29-38)57-41-18-10-17-40(43(39)41)49-55-45(35-13-6-2-7-14-35)52-46(56-49)36-15-8-3-9-16-36/h1-29H. The molecular formula is C49H29N7O. The fourth-order valence-corrected chi connectivity index (χ4v) is 6.98. The van der Waals surface area contributed by atoms with Crippen LogP contribution in [0.2, 0.25) is 0 Å². The van der Waals surface area contributed by atoms with Crippen molar-refractivity contribution in [2.45, 2.75) is 0 Å². The van der Waals surface area contributed by atoms with E-state index in [0.29, 0.717) is 51.7 Å². The maximum absolute atomic E-state index is 9.21. The molecule has 0 aliphatic rings. The van der Waals surface area contributed by atoms with Crippen LogP contribution in [-0.2, 0) is 0 Å². The van der Waals surface area contributed by atoms with Crippen molar-refractivity contribution >= 4 is 21.9 Å². The van der Waals surface area contributed by atoms with E-state index < -0.39 is 0 Å². The average molecular weight is 732 g/mol. The van der Waals surface area contributed by atoms with Gasteiger partial charge >= 0.3 is 0 Å². The third-order valence-corrected chi connectivity index (χ3v) is 9.85. The molecule has 8 heteroatoms. The number of fused-ring (bicyclic) bond motifs is 3. The molecule has 0 spiro atoms. The smallest absolute Gasteiger partial charge is 0.164 e. The predicted molar refractivity (Wildman–Crippen MR) is 223 cm³/mol. The molecular weight excluding hydrogens is 703 g/mol. The van der Waals surface area contributed by atoms with Crippen LogP contribution in [0.15, 0.2) is 180 Å². The zero-order chi connectivity index (χ0) is 38.1. The van der Waals surface area contributed by atoms with Crippen LogP contribution in [0.4, 0.5) is 0 Å². The van der Waals surface area contributed by atoms with Gasteiger partial charge in [-0.15, -0.1) is 0 Å². The van der Waals surface area contributed by atoms with E-state index in [4.69, 9.17) is 34.3 Å². The highest BCUT2D eigenvalue weighted by molar-refractivity contribution is 6.12. The van der Waals surface area contributed by atoms with E-state index in [1.54, 1.807) is 0 Å². The maximum Gasteiger partial charge on any atom is 0.164 e. The summed E-state index contributed by atoms with van der Waals surface area (Å²) in [5.41, 5.74) is 9.25. The van der Waals surface area contributed by atoms with E-state index in [-0.39, 0.29) is 0 Å². The van der Waals surface area contributed by atoms with E-state index in [9.17, 15) is 5.26 Å². The zero-order valence-corrected chi connectivity index (χ0v) is 30.3. The summed E-state index contributed by atoms with van der Waals surface area (Å²) >= 11 is 0. The molecule has 10 aromatic rings. The molecule has 0 unspecified atom stereocenters. The van der Waals surface area contributed by atoms with Crippen molar-refractivity contribution in [1.82, 2.24) is 29.9 Å². The summed E-state index contributed by atoms with van der Waals surface area (Å²) in [5, 5.41) is 11.0. The summed E-state index contributed by atoms with van der Waals surface area (Å²) in [7, 11) is 0. The highest BCUT2D eigenvalue weighted by Gasteiger charge is 2.19. The largest absolute Gasteiger partial charge is 0.456 e. The molecule has 0 fully saturated rings. The third-order valence-electron chi connectivity index (χ3n) is 9.85. The number of furan rings is 1. The summed E-state index contributed by atoms with van der Waals surface area (Å²) in [4.78, 5) is 29.8. The van der Waals surface area contributed by atoms with Gasteiger partial charge < -0.3 is 4.42 Å². The van der Waals surface area contributed by atoms with E-state index in [2.05, 4.69) is 12.1 Å². The topological polar surface area (TPSA) is 114 Å². The molecule has 3 heterocycles. The van der Waals surface area contributed by atoms with Gasteiger partial charge in [-0.1, -0.05) is 146 Å². The molecule has 0 atom stereocenters. The van der Waals surface area contributed by atoms with Crippen LogP contribution >= 0.6 is 0 Å². The molecule has 10 rings (SSSR count). The number of aromatic nitrogens is 6. The quantitative estimate of drug-likeness (QED) is 0.159. The second kappa shape index (κ2) is 14.3. The fourth-order valence-electron chi connectivity index (χ4n) is 6.98. The summed E-state index contributed by atoms with van der Waals surface area (Å²) < 4.78 is 6.55. The first-order valence-corrected chi connectivity index (χ1v) is 18.4. The Hall–Kier alpha value is -8.15. The number of hydrogen-bond donors (Lipinski definition) is 0. The van der Waals surface area contributed by atoms with E-state index in [1.807, 2.05) is 170 Å². The highest BCUT2D eigenvalue weighted by Crippen LogP contribution is 2.38. The molecule has 0 saturated carbocycles. The summed E-state index contributed by atoms with van der Waals surface area (Å²) in [6.07, 6.45) is 0. The molecule has 0 saturated heterocycles. The maximum atomic E-state index is 9.21. The summed E-state index contributed by atoms with van der Waals surface area (Å²) in [6.45, 7) is 0. The Morgan fingerprint density at radius 3 is 1.28 bits per heavy atom. The van der Waals surface area contributed by atoms with Crippen molar-refractivity contribution in [3.05, 3.63) is 181 Å². The third kappa shape index (κ3) is 6.45. The lowest BCUT2D eigenvalue weighted by molar-refractivity contribution is 0.669. The highest BCUT2D eigenvalue weighted by atomic mass is 16.3. The number of rotatable bonds is 7. The van der Waals surface area contributed by atoms with Crippen LogP contribution in [0.1, 0.15) is 5.56 Å². The lowest BCUT2D eigenvalue weighted by Gasteiger charge is -2.10. The monoisotopic (exact) mass is 731 g/mol. The fraction of sp³-hybridized carbons (Fsp3) is 0. The van der Waals surface area contributed by atoms with Gasteiger partial charge in [-0.3, -0.25) is 0 Å². The van der Waals surface area contributed by atoms with Gasteiger partial charge in [0.1, 0.15) is 11.2 Å². The lowest BCUT2D eigenvalue weighted by Crippen LogP contribution is -2.00. The Morgan fingerprint density at radius 2 is 0.772 bits per heavy atom. The minimum atomic E-state index is 0.523. The minimum absolute atomic E-state index is 0.523. The Kier molecular flexibility index (Phi) is 8.36.